The van der Waals surface area contributed by atoms with Gasteiger partial charge in [0.25, 0.3) is 0 Å². The second-order valence-corrected chi connectivity index (χ2v) is 18.7. The third-order valence-electron chi connectivity index (χ3n) is 2.53. The van der Waals surface area contributed by atoms with Crippen LogP contribution in [0.1, 0.15) is 27.7 Å². The number of hydrogen-bond acceptors (Lipinski definition) is 6. The van der Waals surface area contributed by atoms with Crippen molar-refractivity contribution in [3.8, 4) is 0 Å². The Morgan fingerprint density at radius 2 is 1.07 bits per heavy atom. The molecule has 0 N–H and O–H groups in total. The number of thioether (sulfide) groups is 5. The third kappa shape index (κ3) is 1.59. The fourth-order valence-corrected chi connectivity index (χ4v) is 24.7. The number of hydrogen-bond donors (Lipinski definition) is 0. The lowest BCUT2D eigenvalue weighted by molar-refractivity contribution is 0.676. The first-order valence-corrected chi connectivity index (χ1v) is 9.85. The first kappa shape index (κ1) is 12.0. The molecule has 0 radical (unpaired) electrons. The Kier molecular flexibility index (Phi) is 2.45. The molecule has 4 aliphatic heterocycles. The van der Waals surface area contributed by atoms with Crippen LogP contribution in [0.5, 0.6) is 0 Å². The molecule has 0 aromatic heterocycles. The molecule has 1 nitrogen and oxygen atoms in total. The Morgan fingerprint density at radius 3 is 1.40 bits per heavy atom. The lowest BCUT2D eigenvalue weighted by atomic mass is 10.9. The predicted octanol–water partition coefficient (Wildman–Crippen LogP) is 4.14. The van der Waals surface area contributed by atoms with Crippen molar-refractivity contribution in [2.75, 3.05) is 0 Å². The fourth-order valence-electron chi connectivity index (χ4n) is 2.34. The van der Waals surface area contributed by atoms with E-state index in [1.54, 1.807) is 0 Å². The molecule has 0 atom stereocenters. The van der Waals surface area contributed by atoms with Gasteiger partial charge in [-0.1, -0.05) is 0 Å². The first-order valence-electron chi connectivity index (χ1n) is 4.62. The summed E-state index contributed by atoms with van der Waals surface area (Å²) in [5, 5.41) is 0. The Morgan fingerprint density at radius 1 is 0.733 bits per heavy atom. The highest BCUT2D eigenvalue weighted by Crippen LogP contribution is 2.84. The maximum Gasteiger partial charge on any atom is 0.140 e. The van der Waals surface area contributed by atoms with Gasteiger partial charge in [-0.05, 0) is 27.7 Å². The highest BCUT2D eigenvalue weighted by molar-refractivity contribution is 8.62. The zero-order valence-electron chi connectivity index (χ0n) is 8.86. The van der Waals surface area contributed by atoms with E-state index in [4.69, 9.17) is 0 Å². The van der Waals surface area contributed by atoms with Gasteiger partial charge in [0.05, 0.1) is 10.8 Å². The molecule has 4 heterocycles. The van der Waals surface area contributed by atoms with E-state index in [1.807, 2.05) is 58.8 Å². The fraction of sp³-hybridized carbons (Fsp3) is 1.00. The SMILES string of the molecule is CC12SC3(C)SC(C)(S1)S(=O)C(C)(S2)S3. The molecule has 0 aromatic carbocycles. The summed E-state index contributed by atoms with van der Waals surface area (Å²) in [6, 6.07) is 0. The van der Waals surface area contributed by atoms with Crippen molar-refractivity contribution in [3.63, 3.8) is 0 Å². The molecule has 0 amide bonds. The molecule has 4 bridgehead atoms. The zero-order chi connectivity index (χ0) is 11.1. The lowest BCUT2D eigenvalue weighted by Crippen LogP contribution is -2.57. The molecule has 4 fully saturated rings. The molecule has 86 valence electrons. The van der Waals surface area contributed by atoms with Gasteiger partial charge in [-0.3, -0.25) is 4.21 Å². The number of rotatable bonds is 0. The van der Waals surface area contributed by atoms with Crippen molar-refractivity contribution in [2.24, 2.45) is 0 Å². The average molecular weight is 317 g/mol. The second kappa shape index (κ2) is 3.07. The molecule has 4 aliphatic rings. The Hall–Kier alpha value is 1.90. The molecular formula is C8H12OS6. The van der Waals surface area contributed by atoms with Crippen molar-refractivity contribution in [1.82, 2.24) is 0 Å². The molecule has 0 aliphatic carbocycles. The Labute approximate surface area is 114 Å². The van der Waals surface area contributed by atoms with Crippen LogP contribution in [-0.4, -0.2) is 17.9 Å². The lowest BCUT2D eigenvalue weighted by Gasteiger charge is -2.63. The largest absolute Gasteiger partial charge is 0.255 e. The van der Waals surface area contributed by atoms with Crippen LogP contribution >= 0.6 is 58.8 Å². The maximum absolute atomic E-state index is 12.5. The summed E-state index contributed by atoms with van der Waals surface area (Å²) >= 11 is 9.60. The van der Waals surface area contributed by atoms with Gasteiger partial charge in [-0.25, -0.2) is 0 Å². The summed E-state index contributed by atoms with van der Waals surface area (Å²) in [6.07, 6.45) is 0. The van der Waals surface area contributed by atoms with Crippen molar-refractivity contribution < 1.29 is 4.21 Å². The van der Waals surface area contributed by atoms with Crippen LogP contribution in [0.25, 0.3) is 0 Å². The Balaban J connectivity index is 2.16. The molecular weight excluding hydrogens is 304 g/mol. The molecule has 0 unspecified atom stereocenters. The summed E-state index contributed by atoms with van der Waals surface area (Å²) < 4.78 is 12.7. The van der Waals surface area contributed by atoms with Gasteiger partial charge in [-0.2, -0.15) is 0 Å². The second-order valence-electron chi connectivity index (χ2n) is 4.23. The topological polar surface area (TPSA) is 17.1 Å². The highest BCUT2D eigenvalue weighted by atomic mass is 32.4. The summed E-state index contributed by atoms with van der Waals surface area (Å²) in [6.45, 7) is 8.90. The minimum atomic E-state index is -0.771. The molecule has 15 heavy (non-hydrogen) atoms. The van der Waals surface area contributed by atoms with E-state index in [1.165, 1.54) is 0 Å². The van der Waals surface area contributed by atoms with Gasteiger partial charge >= 0.3 is 0 Å². The quantitative estimate of drug-likeness (QED) is 0.663. The maximum atomic E-state index is 12.5. The minimum absolute atomic E-state index is 0.111. The van der Waals surface area contributed by atoms with Crippen LogP contribution < -0.4 is 0 Å². The smallest absolute Gasteiger partial charge is 0.140 e. The van der Waals surface area contributed by atoms with E-state index in [2.05, 4.69) is 27.7 Å². The van der Waals surface area contributed by atoms with Crippen LogP contribution in [-0.2, 0) is 10.8 Å². The molecule has 0 saturated carbocycles. The van der Waals surface area contributed by atoms with Crippen molar-refractivity contribution in [3.05, 3.63) is 0 Å². The van der Waals surface area contributed by atoms with E-state index in [0.29, 0.717) is 0 Å². The summed E-state index contributed by atoms with van der Waals surface area (Å²) in [5.41, 5.74) is 0. The monoisotopic (exact) mass is 316 g/mol. The molecule has 4 rings (SSSR count). The molecule has 0 spiro atoms. The van der Waals surface area contributed by atoms with Crippen molar-refractivity contribution >= 4 is 69.6 Å². The van der Waals surface area contributed by atoms with Crippen LogP contribution in [0.2, 0.25) is 0 Å². The van der Waals surface area contributed by atoms with E-state index >= 15 is 0 Å². The van der Waals surface area contributed by atoms with Crippen LogP contribution in [0.3, 0.4) is 0 Å². The van der Waals surface area contributed by atoms with Crippen molar-refractivity contribution in [1.29, 1.82) is 0 Å². The van der Waals surface area contributed by atoms with E-state index in [9.17, 15) is 4.21 Å². The minimum Gasteiger partial charge on any atom is -0.255 e. The summed E-state index contributed by atoms with van der Waals surface area (Å²) in [7, 11) is -0.771. The standard InChI is InChI=1S/C8H12OS6/c1-5-10-6(2)13-7(3,11-5)15(9)8(4,12-5)14-6/h1-4H3. The van der Waals surface area contributed by atoms with Gasteiger partial charge < -0.3 is 0 Å². The zero-order valence-corrected chi connectivity index (χ0v) is 13.8. The van der Waals surface area contributed by atoms with E-state index < -0.39 is 10.8 Å². The van der Waals surface area contributed by atoms with Gasteiger partial charge in [0, 0.05) is 0 Å². The van der Waals surface area contributed by atoms with Gasteiger partial charge in [0.1, 0.15) is 13.6 Å². The normalized spacial score (nSPS) is 67.3. The van der Waals surface area contributed by atoms with Crippen LogP contribution in [0, 0.1) is 0 Å². The molecule has 0 aromatic rings. The van der Waals surface area contributed by atoms with Crippen LogP contribution in [0.4, 0.5) is 0 Å². The molecule has 4 saturated heterocycles. The van der Waals surface area contributed by atoms with E-state index in [0.717, 1.165) is 0 Å². The highest BCUT2D eigenvalue weighted by Gasteiger charge is 2.70. The third-order valence-corrected chi connectivity index (χ3v) is 14.4. The summed E-state index contributed by atoms with van der Waals surface area (Å²) in [5.74, 6) is 0. The Bertz CT molecular complexity index is 322. The van der Waals surface area contributed by atoms with Crippen LogP contribution in [0.15, 0.2) is 0 Å². The van der Waals surface area contributed by atoms with Gasteiger partial charge in [0.2, 0.25) is 0 Å². The van der Waals surface area contributed by atoms with Gasteiger partial charge in [-0.15, -0.1) is 58.8 Å². The predicted molar refractivity (Wildman–Crippen MR) is 79.7 cm³/mol. The first-order chi connectivity index (χ1) is 6.69. The average Bonchev–Trinajstić information content (AvgIpc) is 1.93. The molecule has 7 heteroatoms. The van der Waals surface area contributed by atoms with E-state index in [-0.39, 0.29) is 13.6 Å². The van der Waals surface area contributed by atoms with Crippen molar-refractivity contribution in [2.45, 2.75) is 41.3 Å². The van der Waals surface area contributed by atoms with Gasteiger partial charge in [0.15, 0.2) is 0 Å². The summed E-state index contributed by atoms with van der Waals surface area (Å²) in [4.78, 5) is 0.